The van der Waals surface area contributed by atoms with Crippen molar-refractivity contribution in [1.82, 2.24) is 4.98 Å². The van der Waals surface area contributed by atoms with Crippen molar-refractivity contribution in [3.63, 3.8) is 0 Å². The van der Waals surface area contributed by atoms with Crippen molar-refractivity contribution in [1.29, 1.82) is 0 Å². The molecule has 0 spiro atoms. The summed E-state index contributed by atoms with van der Waals surface area (Å²) in [5.41, 5.74) is 8.60. The zero-order valence-electron chi connectivity index (χ0n) is 11.8. The molecule has 0 aliphatic rings. The minimum Gasteiger partial charge on any atom is -0.399 e. The lowest BCUT2D eigenvalue weighted by atomic mass is 9.89. The molecular weight excluding hydrogens is 256 g/mol. The van der Waals surface area contributed by atoms with Crippen LogP contribution in [0, 0.1) is 5.41 Å². The van der Waals surface area contributed by atoms with Gasteiger partial charge in [-0.15, -0.1) is 11.3 Å². The summed E-state index contributed by atoms with van der Waals surface area (Å²) < 4.78 is 5.60. The molecule has 4 heteroatoms. The van der Waals surface area contributed by atoms with E-state index in [9.17, 15) is 0 Å². The fourth-order valence-corrected chi connectivity index (χ4v) is 3.21. The van der Waals surface area contributed by atoms with E-state index in [1.807, 2.05) is 24.3 Å². The van der Waals surface area contributed by atoms with Gasteiger partial charge < -0.3 is 10.5 Å². The van der Waals surface area contributed by atoms with E-state index in [0.717, 1.165) is 22.0 Å². The van der Waals surface area contributed by atoms with E-state index in [-0.39, 0.29) is 11.5 Å². The van der Waals surface area contributed by atoms with Crippen LogP contribution in [-0.2, 0) is 4.74 Å². The third kappa shape index (κ3) is 3.14. The number of benzene rings is 1. The summed E-state index contributed by atoms with van der Waals surface area (Å²) >= 11 is 1.63. The molecule has 1 aromatic heterocycles. The molecule has 1 unspecified atom stereocenters. The summed E-state index contributed by atoms with van der Waals surface area (Å²) in [4.78, 5) is 4.70. The standard InChI is InChI=1S/C15H20N2OS/c1-15(2,3)13(18-4)14-17-12(9-19-14)10-6-5-7-11(16)8-10/h5-9,13H,16H2,1-4H3. The fraction of sp³-hybridized carbons (Fsp3) is 0.400. The maximum absolute atomic E-state index is 5.81. The van der Waals surface area contributed by atoms with E-state index >= 15 is 0 Å². The van der Waals surface area contributed by atoms with Crippen molar-refractivity contribution in [2.24, 2.45) is 5.41 Å². The lowest BCUT2D eigenvalue weighted by Gasteiger charge is -2.27. The van der Waals surface area contributed by atoms with Gasteiger partial charge in [0.05, 0.1) is 5.69 Å². The Bertz CT molecular complexity index is 557. The molecule has 1 atom stereocenters. The summed E-state index contributed by atoms with van der Waals surface area (Å²) in [5.74, 6) is 0. The summed E-state index contributed by atoms with van der Waals surface area (Å²) in [7, 11) is 1.73. The second-order valence-corrected chi connectivity index (χ2v) is 6.57. The number of nitrogens with two attached hydrogens (primary N) is 1. The van der Waals surface area contributed by atoms with E-state index in [2.05, 4.69) is 26.2 Å². The van der Waals surface area contributed by atoms with Crippen LogP contribution in [0.5, 0.6) is 0 Å². The molecule has 0 amide bonds. The number of rotatable bonds is 3. The normalized spacial score (nSPS) is 13.5. The molecule has 0 saturated heterocycles. The Morgan fingerprint density at radius 2 is 2.05 bits per heavy atom. The van der Waals surface area contributed by atoms with Crippen molar-refractivity contribution in [2.75, 3.05) is 12.8 Å². The van der Waals surface area contributed by atoms with E-state index in [0.29, 0.717) is 0 Å². The number of nitrogen functional groups attached to an aromatic ring is 1. The van der Waals surface area contributed by atoms with Crippen LogP contribution >= 0.6 is 11.3 Å². The minimum absolute atomic E-state index is 0.00677. The number of nitrogens with zero attached hydrogens (tertiary/aromatic N) is 1. The van der Waals surface area contributed by atoms with Crippen LogP contribution in [-0.4, -0.2) is 12.1 Å². The van der Waals surface area contributed by atoms with Gasteiger partial charge in [0.25, 0.3) is 0 Å². The molecule has 0 saturated carbocycles. The van der Waals surface area contributed by atoms with Crippen LogP contribution in [0.1, 0.15) is 31.9 Å². The van der Waals surface area contributed by atoms with Crippen LogP contribution in [0.2, 0.25) is 0 Å². The largest absolute Gasteiger partial charge is 0.399 e. The van der Waals surface area contributed by atoms with Crippen LogP contribution in [0.4, 0.5) is 5.69 Å². The van der Waals surface area contributed by atoms with Gasteiger partial charge in [-0.25, -0.2) is 4.98 Å². The van der Waals surface area contributed by atoms with E-state index in [1.54, 1.807) is 18.4 Å². The van der Waals surface area contributed by atoms with Crippen LogP contribution < -0.4 is 5.73 Å². The minimum atomic E-state index is 0.00677. The molecular formula is C15H20N2OS. The third-order valence-electron chi connectivity index (χ3n) is 2.95. The molecule has 2 N–H and O–H groups in total. The zero-order valence-corrected chi connectivity index (χ0v) is 12.6. The first-order chi connectivity index (χ1) is 8.91. The molecule has 0 aliphatic heterocycles. The van der Waals surface area contributed by atoms with Gasteiger partial charge in [0, 0.05) is 23.7 Å². The van der Waals surface area contributed by atoms with Gasteiger partial charge >= 0.3 is 0 Å². The average Bonchev–Trinajstić information content (AvgIpc) is 2.77. The first-order valence-corrected chi connectivity index (χ1v) is 7.14. The number of anilines is 1. The number of ether oxygens (including phenoxy) is 1. The Balaban J connectivity index is 2.33. The van der Waals surface area contributed by atoms with E-state index in [4.69, 9.17) is 15.5 Å². The van der Waals surface area contributed by atoms with Gasteiger partial charge in [0.15, 0.2) is 0 Å². The quantitative estimate of drug-likeness (QED) is 0.858. The van der Waals surface area contributed by atoms with Crippen molar-refractivity contribution < 1.29 is 4.74 Å². The molecule has 1 heterocycles. The van der Waals surface area contributed by atoms with Crippen molar-refractivity contribution in [2.45, 2.75) is 26.9 Å². The van der Waals surface area contributed by atoms with Gasteiger partial charge in [-0.1, -0.05) is 32.9 Å². The van der Waals surface area contributed by atoms with E-state index in [1.165, 1.54) is 0 Å². The Kier molecular flexibility index (Phi) is 3.92. The Labute approximate surface area is 118 Å². The lowest BCUT2D eigenvalue weighted by molar-refractivity contribution is 0.0151. The Morgan fingerprint density at radius 3 is 2.63 bits per heavy atom. The van der Waals surface area contributed by atoms with Crippen LogP contribution in [0.15, 0.2) is 29.6 Å². The highest BCUT2D eigenvalue weighted by atomic mass is 32.1. The van der Waals surface area contributed by atoms with Crippen LogP contribution in [0.3, 0.4) is 0 Å². The monoisotopic (exact) mass is 276 g/mol. The molecule has 0 fully saturated rings. The first kappa shape index (κ1) is 14.0. The lowest BCUT2D eigenvalue weighted by Crippen LogP contribution is -2.19. The molecule has 102 valence electrons. The highest BCUT2D eigenvalue weighted by molar-refractivity contribution is 7.10. The first-order valence-electron chi connectivity index (χ1n) is 6.26. The molecule has 0 aliphatic carbocycles. The maximum atomic E-state index is 5.81. The van der Waals surface area contributed by atoms with Crippen LogP contribution in [0.25, 0.3) is 11.3 Å². The van der Waals surface area contributed by atoms with Crippen molar-refractivity contribution in [3.05, 3.63) is 34.7 Å². The molecule has 1 aromatic carbocycles. The Morgan fingerprint density at radius 1 is 1.32 bits per heavy atom. The summed E-state index contributed by atoms with van der Waals surface area (Å²) in [5, 5.41) is 3.06. The smallest absolute Gasteiger partial charge is 0.123 e. The van der Waals surface area contributed by atoms with Gasteiger partial charge in [-0.2, -0.15) is 0 Å². The summed E-state index contributed by atoms with van der Waals surface area (Å²) in [6.45, 7) is 6.47. The number of aromatic nitrogens is 1. The van der Waals surface area contributed by atoms with Gasteiger partial charge in [-0.3, -0.25) is 0 Å². The second kappa shape index (κ2) is 5.31. The Hall–Kier alpha value is -1.39. The molecule has 0 radical (unpaired) electrons. The molecule has 3 nitrogen and oxygen atoms in total. The topological polar surface area (TPSA) is 48.1 Å². The van der Waals surface area contributed by atoms with Gasteiger partial charge in [0.1, 0.15) is 11.1 Å². The second-order valence-electron chi connectivity index (χ2n) is 5.68. The van der Waals surface area contributed by atoms with E-state index < -0.39 is 0 Å². The maximum Gasteiger partial charge on any atom is 0.123 e. The van der Waals surface area contributed by atoms with Crippen molar-refractivity contribution in [3.8, 4) is 11.3 Å². The molecule has 2 aromatic rings. The number of hydrogen-bond acceptors (Lipinski definition) is 4. The summed E-state index contributed by atoms with van der Waals surface area (Å²) in [6, 6.07) is 7.79. The number of hydrogen-bond donors (Lipinski definition) is 1. The third-order valence-corrected chi connectivity index (χ3v) is 3.84. The van der Waals surface area contributed by atoms with Gasteiger partial charge in [-0.05, 0) is 17.5 Å². The predicted octanol–water partition coefficient (Wildman–Crippen LogP) is 4.13. The molecule has 2 rings (SSSR count). The number of thiazole rings is 1. The highest BCUT2D eigenvalue weighted by Crippen LogP contribution is 2.38. The fourth-order valence-electron chi connectivity index (χ4n) is 2.06. The molecule has 19 heavy (non-hydrogen) atoms. The zero-order chi connectivity index (χ0) is 14.0. The van der Waals surface area contributed by atoms with Crippen molar-refractivity contribution >= 4 is 17.0 Å². The SMILES string of the molecule is COC(c1nc(-c2cccc(N)c2)cs1)C(C)(C)C. The summed E-state index contributed by atoms with van der Waals surface area (Å²) in [6.07, 6.45) is 0.00677. The molecule has 0 bridgehead atoms. The average molecular weight is 276 g/mol. The van der Waals surface area contributed by atoms with Gasteiger partial charge in [0.2, 0.25) is 0 Å². The predicted molar refractivity (Wildman–Crippen MR) is 81.2 cm³/mol. The number of methoxy groups -OCH3 is 1. The highest BCUT2D eigenvalue weighted by Gasteiger charge is 2.28.